The zero-order valence-corrected chi connectivity index (χ0v) is 12.1. The second-order valence-electron chi connectivity index (χ2n) is 4.28. The fourth-order valence-electron chi connectivity index (χ4n) is 1.86. The van der Waals surface area contributed by atoms with Crippen LogP contribution in [0.15, 0.2) is 40.9 Å². The molecular formula is C15H16BrNO. The Labute approximate surface area is 116 Å². The largest absolute Gasteiger partial charge is 0.456 e. The van der Waals surface area contributed by atoms with E-state index in [1.807, 2.05) is 50.2 Å². The number of hydrogen-bond acceptors (Lipinski definition) is 2. The van der Waals surface area contributed by atoms with Gasteiger partial charge in [-0.15, -0.1) is 0 Å². The molecule has 3 heteroatoms. The maximum Gasteiger partial charge on any atom is 0.133 e. The molecular weight excluding hydrogens is 290 g/mol. The summed E-state index contributed by atoms with van der Waals surface area (Å²) >= 11 is 3.46. The first-order chi connectivity index (χ1) is 8.61. The SMILES string of the molecule is Cc1cccc(C)c1Oc1cc(Br)ccc1CN. The summed E-state index contributed by atoms with van der Waals surface area (Å²) in [6.45, 7) is 4.55. The van der Waals surface area contributed by atoms with Gasteiger partial charge >= 0.3 is 0 Å². The van der Waals surface area contributed by atoms with Crippen LogP contribution in [0.5, 0.6) is 11.5 Å². The third-order valence-electron chi connectivity index (χ3n) is 2.87. The molecule has 0 amide bonds. The first-order valence-electron chi connectivity index (χ1n) is 5.84. The maximum absolute atomic E-state index is 6.03. The van der Waals surface area contributed by atoms with E-state index in [0.29, 0.717) is 6.54 Å². The Balaban J connectivity index is 2.42. The van der Waals surface area contributed by atoms with Gasteiger partial charge in [-0.2, -0.15) is 0 Å². The van der Waals surface area contributed by atoms with E-state index in [0.717, 1.165) is 32.7 Å². The Kier molecular flexibility index (Phi) is 4.04. The first-order valence-corrected chi connectivity index (χ1v) is 6.63. The number of ether oxygens (including phenoxy) is 1. The van der Waals surface area contributed by atoms with E-state index in [-0.39, 0.29) is 0 Å². The lowest BCUT2D eigenvalue weighted by atomic mass is 10.1. The molecule has 0 bridgehead atoms. The molecule has 0 heterocycles. The maximum atomic E-state index is 6.03. The fraction of sp³-hybridized carbons (Fsp3) is 0.200. The number of para-hydroxylation sites is 1. The molecule has 0 saturated heterocycles. The highest BCUT2D eigenvalue weighted by molar-refractivity contribution is 9.10. The van der Waals surface area contributed by atoms with E-state index < -0.39 is 0 Å². The predicted octanol–water partition coefficient (Wildman–Crippen LogP) is 4.32. The van der Waals surface area contributed by atoms with Crippen LogP contribution in [0, 0.1) is 13.8 Å². The summed E-state index contributed by atoms with van der Waals surface area (Å²) in [6.07, 6.45) is 0. The molecule has 2 N–H and O–H groups in total. The van der Waals surface area contributed by atoms with Gasteiger partial charge in [-0.1, -0.05) is 40.2 Å². The van der Waals surface area contributed by atoms with Gasteiger partial charge in [0.1, 0.15) is 11.5 Å². The predicted molar refractivity (Wildman–Crippen MR) is 78.0 cm³/mol. The van der Waals surface area contributed by atoms with Gasteiger partial charge in [-0.25, -0.2) is 0 Å². The third-order valence-corrected chi connectivity index (χ3v) is 3.36. The summed E-state index contributed by atoms with van der Waals surface area (Å²) in [7, 11) is 0. The van der Waals surface area contributed by atoms with Crippen LogP contribution in [-0.2, 0) is 6.54 Å². The molecule has 94 valence electrons. The van der Waals surface area contributed by atoms with E-state index >= 15 is 0 Å². The van der Waals surface area contributed by atoms with E-state index in [4.69, 9.17) is 10.5 Å². The highest BCUT2D eigenvalue weighted by atomic mass is 79.9. The van der Waals surface area contributed by atoms with Crippen LogP contribution < -0.4 is 10.5 Å². The van der Waals surface area contributed by atoms with Crippen LogP contribution in [0.25, 0.3) is 0 Å². The molecule has 0 atom stereocenters. The lowest BCUT2D eigenvalue weighted by Crippen LogP contribution is -2.00. The topological polar surface area (TPSA) is 35.2 Å². The molecule has 2 rings (SSSR count). The summed E-state index contributed by atoms with van der Waals surface area (Å²) in [6, 6.07) is 12.0. The Morgan fingerprint density at radius 1 is 1.11 bits per heavy atom. The van der Waals surface area contributed by atoms with Crippen LogP contribution >= 0.6 is 15.9 Å². The smallest absolute Gasteiger partial charge is 0.133 e. The van der Waals surface area contributed by atoms with Crippen molar-refractivity contribution >= 4 is 15.9 Å². The van der Waals surface area contributed by atoms with Crippen LogP contribution in [-0.4, -0.2) is 0 Å². The van der Waals surface area contributed by atoms with E-state index in [2.05, 4.69) is 15.9 Å². The quantitative estimate of drug-likeness (QED) is 0.916. The summed E-state index contributed by atoms with van der Waals surface area (Å²) in [5, 5.41) is 0. The number of aryl methyl sites for hydroxylation is 2. The summed E-state index contributed by atoms with van der Waals surface area (Å²) < 4.78 is 7.02. The van der Waals surface area contributed by atoms with Gasteiger partial charge in [0.25, 0.3) is 0 Å². The van der Waals surface area contributed by atoms with Crippen LogP contribution in [0.1, 0.15) is 16.7 Å². The number of rotatable bonds is 3. The average Bonchev–Trinajstić information content (AvgIpc) is 2.34. The first kappa shape index (κ1) is 13.1. The Morgan fingerprint density at radius 2 is 1.78 bits per heavy atom. The monoisotopic (exact) mass is 305 g/mol. The van der Waals surface area contributed by atoms with Crippen molar-refractivity contribution in [3.8, 4) is 11.5 Å². The fourth-order valence-corrected chi connectivity index (χ4v) is 2.20. The number of nitrogens with two attached hydrogens (primary N) is 1. The Morgan fingerprint density at radius 3 is 2.39 bits per heavy atom. The minimum atomic E-state index is 0.466. The minimum absolute atomic E-state index is 0.466. The molecule has 0 saturated carbocycles. The number of hydrogen-bond donors (Lipinski definition) is 1. The van der Waals surface area contributed by atoms with Crippen molar-refractivity contribution in [2.24, 2.45) is 5.73 Å². The van der Waals surface area contributed by atoms with E-state index in [1.165, 1.54) is 0 Å². The molecule has 18 heavy (non-hydrogen) atoms. The summed E-state index contributed by atoms with van der Waals surface area (Å²) in [4.78, 5) is 0. The van der Waals surface area contributed by atoms with Crippen molar-refractivity contribution in [3.05, 3.63) is 57.6 Å². The lowest BCUT2D eigenvalue weighted by Gasteiger charge is -2.14. The lowest BCUT2D eigenvalue weighted by molar-refractivity contribution is 0.469. The standard InChI is InChI=1S/C15H16BrNO/c1-10-4-3-5-11(2)15(10)18-14-8-13(16)7-6-12(14)9-17/h3-8H,9,17H2,1-2H3. The summed E-state index contributed by atoms with van der Waals surface area (Å²) in [5.74, 6) is 1.72. The second kappa shape index (κ2) is 5.55. The second-order valence-corrected chi connectivity index (χ2v) is 5.19. The van der Waals surface area contributed by atoms with Gasteiger partial charge in [0.2, 0.25) is 0 Å². The van der Waals surface area contributed by atoms with E-state index in [9.17, 15) is 0 Å². The molecule has 0 aliphatic carbocycles. The van der Waals surface area contributed by atoms with Crippen molar-refractivity contribution in [3.63, 3.8) is 0 Å². The molecule has 0 unspecified atom stereocenters. The number of halogens is 1. The highest BCUT2D eigenvalue weighted by Gasteiger charge is 2.08. The van der Waals surface area contributed by atoms with E-state index in [1.54, 1.807) is 0 Å². The molecule has 0 radical (unpaired) electrons. The molecule has 2 aromatic rings. The molecule has 2 nitrogen and oxygen atoms in total. The zero-order valence-electron chi connectivity index (χ0n) is 10.5. The van der Waals surface area contributed by atoms with Gasteiger partial charge in [-0.3, -0.25) is 0 Å². The molecule has 0 spiro atoms. The van der Waals surface area contributed by atoms with Crippen molar-refractivity contribution in [2.75, 3.05) is 0 Å². The summed E-state index contributed by atoms with van der Waals surface area (Å²) in [5.41, 5.74) is 8.98. The normalized spacial score (nSPS) is 10.4. The molecule has 0 aromatic heterocycles. The molecule has 0 fully saturated rings. The van der Waals surface area contributed by atoms with Crippen LogP contribution in [0.4, 0.5) is 0 Å². The van der Waals surface area contributed by atoms with Gasteiger partial charge in [-0.05, 0) is 37.1 Å². The Hall–Kier alpha value is -1.32. The van der Waals surface area contributed by atoms with Gasteiger partial charge in [0.05, 0.1) is 0 Å². The van der Waals surface area contributed by atoms with Crippen molar-refractivity contribution in [1.29, 1.82) is 0 Å². The molecule has 2 aromatic carbocycles. The molecule has 0 aliphatic heterocycles. The van der Waals surface area contributed by atoms with Gasteiger partial charge in [0.15, 0.2) is 0 Å². The minimum Gasteiger partial charge on any atom is -0.456 e. The Bertz CT molecular complexity index is 546. The average molecular weight is 306 g/mol. The zero-order chi connectivity index (χ0) is 13.1. The van der Waals surface area contributed by atoms with Gasteiger partial charge in [0, 0.05) is 16.6 Å². The third kappa shape index (κ3) is 2.74. The van der Waals surface area contributed by atoms with Crippen LogP contribution in [0.2, 0.25) is 0 Å². The number of benzene rings is 2. The van der Waals surface area contributed by atoms with Crippen molar-refractivity contribution in [2.45, 2.75) is 20.4 Å². The molecule has 0 aliphatic rings. The van der Waals surface area contributed by atoms with Gasteiger partial charge < -0.3 is 10.5 Å². The van der Waals surface area contributed by atoms with Crippen LogP contribution in [0.3, 0.4) is 0 Å². The van der Waals surface area contributed by atoms with Crippen molar-refractivity contribution < 1.29 is 4.74 Å². The highest BCUT2D eigenvalue weighted by Crippen LogP contribution is 2.32. The van der Waals surface area contributed by atoms with Crippen molar-refractivity contribution in [1.82, 2.24) is 0 Å².